The number of nitrogens with two attached hydrogens (primary N) is 1. The van der Waals surface area contributed by atoms with E-state index < -0.39 is 5.41 Å². The summed E-state index contributed by atoms with van der Waals surface area (Å²) in [5.41, 5.74) is 9.35. The Bertz CT molecular complexity index is 1660. The molecular weight excluding hydrogens is 597 g/mol. The van der Waals surface area contributed by atoms with Gasteiger partial charge < -0.3 is 15.5 Å². The molecule has 0 saturated carbocycles. The minimum absolute atomic E-state index is 0.0218. The lowest BCUT2D eigenvalue weighted by molar-refractivity contribution is -0.125. The first kappa shape index (κ1) is 30.2. The van der Waals surface area contributed by atoms with E-state index in [0.717, 1.165) is 54.9 Å². The summed E-state index contributed by atoms with van der Waals surface area (Å²) in [5.74, 6) is -0.286. The summed E-state index contributed by atoms with van der Waals surface area (Å²) in [6, 6.07) is 21.4. The lowest BCUT2D eigenvalue weighted by Gasteiger charge is -2.41. The average Bonchev–Trinajstić information content (AvgIpc) is 3.74. The maximum atomic E-state index is 14.0. The number of halogens is 2. The molecule has 6 rings (SSSR count). The molecule has 0 aliphatic carbocycles. The maximum absolute atomic E-state index is 14.0. The highest BCUT2D eigenvalue weighted by atomic mass is 35.5. The van der Waals surface area contributed by atoms with E-state index in [1.807, 2.05) is 78.6 Å². The van der Waals surface area contributed by atoms with Gasteiger partial charge in [-0.1, -0.05) is 65.7 Å². The number of piperidine rings is 1. The zero-order valence-corrected chi connectivity index (χ0v) is 26.1. The molecule has 2 saturated heterocycles. The monoisotopic (exact) mass is 631 g/mol. The van der Waals surface area contributed by atoms with Crippen molar-refractivity contribution in [1.29, 1.82) is 0 Å². The molecule has 4 aromatic rings. The van der Waals surface area contributed by atoms with Crippen LogP contribution in [0.1, 0.15) is 52.7 Å². The standard InChI is InChI=1S/C33H35Cl2N7O2/c1-23-7-9-26(42-22-37-38-39-42)20-27(23)30(43)41-18-12-32(21-41,25-8-10-28(34)29(35)19-25)11-15-40-16-13-33(14-17-40,31(36)44)24-5-3-2-4-6-24/h2-10,19-20,22H,11-18,21H2,1H3,(H2,36,44). The Morgan fingerprint density at radius 3 is 2.36 bits per heavy atom. The van der Waals surface area contributed by atoms with Crippen LogP contribution in [0.15, 0.2) is 73.1 Å². The molecule has 1 atom stereocenters. The van der Waals surface area contributed by atoms with Crippen LogP contribution in [-0.2, 0) is 15.6 Å². The number of amides is 2. The third-order valence-corrected chi connectivity index (χ3v) is 10.4. The van der Waals surface area contributed by atoms with Gasteiger partial charge >= 0.3 is 0 Å². The number of rotatable bonds is 8. The zero-order chi connectivity index (χ0) is 30.9. The first-order valence-corrected chi connectivity index (χ1v) is 15.6. The fourth-order valence-corrected chi connectivity index (χ4v) is 7.15. The van der Waals surface area contributed by atoms with Crippen LogP contribution in [0.2, 0.25) is 10.0 Å². The van der Waals surface area contributed by atoms with Crippen LogP contribution < -0.4 is 5.73 Å². The number of carbonyl (C=O) groups excluding carboxylic acids is 2. The number of hydrogen-bond acceptors (Lipinski definition) is 6. The second-order valence-corrected chi connectivity index (χ2v) is 12.9. The van der Waals surface area contributed by atoms with E-state index >= 15 is 0 Å². The number of carbonyl (C=O) groups is 2. The number of nitrogens with zero attached hydrogens (tertiary/aromatic N) is 6. The Kier molecular flexibility index (Phi) is 8.46. The number of primary amides is 1. The molecule has 9 nitrogen and oxygen atoms in total. The molecule has 2 fully saturated rings. The van der Waals surface area contributed by atoms with Gasteiger partial charge in [-0.15, -0.1) is 5.10 Å². The van der Waals surface area contributed by atoms with Crippen LogP contribution in [0.25, 0.3) is 5.69 Å². The molecule has 2 aliphatic rings. The van der Waals surface area contributed by atoms with Crippen LogP contribution in [0, 0.1) is 6.92 Å². The minimum atomic E-state index is -0.648. The van der Waals surface area contributed by atoms with Crippen molar-refractivity contribution in [2.45, 2.75) is 43.4 Å². The molecule has 11 heteroatoms. The van der Waals surface area contributed by atoms with Crippen molar-refractivity contribution in [3.05, 3.63) is 105 Å². The maximum Gasteiger partial charge on any atom is 0.254 e. The Labute approximate surface area is 266 Å². The van der Waals surface area contributed by atoms with E-state index in [0.29, 0.717) is 41.5 Å². The van der Waals surface area contributed by atoms with Gasteiger partial charge in [0.1, 0.15) is 6.33 Å². The Morgan fingerprint density at radius 2 is 1.68 bits per heavy atom. The second-order valence-electron chi connectivity index (χ2n) is 12.0. The van der Waals surface area contributed by atoms with Gasteiger partial charge in [-0.05, 0) is 104 Å². The first-order chi connectivity index (χ1) is 21.2. The fraction of sp³-hybridized carbons (Fsp3) is 0.364. The van der Waals surface area contributed by atoms with Crippen LogP contribution in [0.4, 0.5) is 0 Å². The average molecular weight is 633 g/mol. The predicted octanol–water partition coefficient (Wildman–Crippen LogP) is 4.97. The van der Waals surface area contributed by atoms with Gasteiger partial charge in [-0.25, -0.2) is 4.68 Å². The van der Waals surface area contributed by atoms with Crippen molar-refractivity contribution < 1.29 is 9.59 Å². The fourth-order valence-electron chi connectivity index (χ4n) is 6.85. The molecule has 1 unspecified atom stereocenters. The van der Waals surface area contributed by atoms with Gasteiger partial charge in [-0.2, -0.15) is 0 Å². The summed E-state index contributed by atoms with van der Waals surface area (Å²) < 4.78 is 1.55. The van der Waals surface area contributed by atoms with Crippen molar-refractivity contribution in [1.82, 2.24) is 30.0 Å². The lowest BCUT2D eigenvalue weighted by atomic mass is 9.71. The van der Waals surface area contributed by atoms with Crippen molar-refractivity contribution >= 4 is 35.0 Å². The van der Waals surface area contributed by atoms with Gasteiger partial charge in [0.2, 0.25) is 5.91 Å². The van der Waals surface area contributed by atoms with E-state index in [9.17, 15) is 9.59 Å². The molecular formula is C33H35Cl2N7O2. The van der Waals surface area contributed by atoms with E-state index in [1.54, 1.807) is 4.68 Å². The molecule has 0 spiro atoms. The molecule has 0 radical (unpaired) electrons. The van der Waals surface area contributed by atoms with Crippen molar-refractivity contribution in [3.8, 4) is 5.69 Å². The summed E-state index contributed by atoms with van der Waals surface area (Å²) >= 11 is 12.8. The molecule has 2 amide bonds. The summed E-state index contributed by atoms with van der Waals surface area (Å²) in [5, 5.41) is 12.4. The summed E-state index contributed by atoms with van der Waals surface area (Å²) in [7, 11) is 0. The SMILES string of the molecule is Cc1ccc(-n2cnnn2)cc1C(=O)N1CCC(CCN2CCC(C(N)=O)(c3ccccc3)CC2)(c2ccc(Cl)c(Cl)c2)C1. The molecule has 2 N–H and O–H groups in total. The zero-order valence-electron chi connectivity index (χ0n) is 24.6. The van der Waals surface area contributed by atoms with Crippen LogP contribution in [-0.4, -0.2) is 74.5 Å². The Balaban J connectivity index is 1.22. The quantitative estimate of drug-likeness (QED) is 0.294. The minimum Gasteiger partial charge on any atom is -0.369 e. The largest absolute Gasteiger partial charge is 0.369 e. The highest BCUT2D eigenvalue weighted by molar-refractivity contribution is 6.42. The normalized spacial score (nSPS) is 20.1. The second kappa shape index (κ2) is 12.3. The number of aromatic nitrogens is 4. The van der Waals surface area contributed by atoms with Gasteiger partial charge in [0.25, 0.3) is 5.91 Å². The predicted molar refractivity (Wildman–Crippen MR) is 170 cm³/mol. The molecule has 1 aromatic heterocycles. The van der Waals surface area contributed by atoms with Crippen molar-refractivity contribution in [2.75, 3.05) is 32.7 Å². The summed E-state index contributed by atoms with van der Waals surface area (Å²) in [4.78, 5) is 31.0. The Morgan fingerprint density at radius 1 is 0.909 bits per heavy atom. The molecule has 3 aromatic carbocycles. The van der Waals surface area contributed by atoms with Gasteiger partial charge in [0.05, 0.1) is 21.1 Å². The number of hydrogen-bond donors (Lipinski definition) is 1. The highest BCUT2D eigenvalue weighted by Gasteiger charge is 2.44. The third kappa shape index (κ3) is 5.72. The highest BCUT2D eigenvalue weighted by Crippen LogP contribution is 2.42. The summed E-state index contributed by atoms with van der Waals surface area (Å²) in [6.45, 7) is 5.46. The number of tetrazole rings is 1. The van der Waals surface area contributed by atoms with E-state index in [2.05, 4.69) is 20.4 Å². The van der Waals surface area contributed by atoms with Crippen LogP contribution in [0.3, 0.4) is 0 Å². The Hall–Kier alpha value is -3.79. The van der Waals surface area contributed by atoms with Crippen molar-refractivity contribution in [3.63, 3.8) is 0 Å². The van der Waals surface area contributed by atoms with Crippen molar-refractivity contribution in [2.24, 2.45) is 5.73 Å². The van der Waals surface area contributed by atoms with E-state index in [4.69, 9.17) is 28.9 Å². The molecule has 228 valence electrons. The van der Waals surface area contributed by atoms with E-state index in [-0.39, 0.29) is 17.2 Å². The van der Waals surface area contributed by atoms with Gasteiger partial charge in [0.15, 0.2) is 0 Å². The third-order valence-electron chi connectivity index (χ3n) is 9.65. The molecule has 3 heterocycles. The van der Waals surface area contributed by atoms with E-state index in [1.165, 1.54) is 6.33 Å². The first-order valence-electron chi connectivity index (χ1n) is 14.9. The van der Waals surface area contributed by atoms with Crippen LogP contribution >= 0.6 is 23.2 Å². The van der Waals surface area contributed by atoms with Gasteiger partial charge in [0, 0.05) is 24.1 Å². The topological polar surface area (TPSA) is 110 Å². The van der Waals surface area contributed by atoms with Crippen LogP contribution in [0.5, 0.6) is 0 Å². The molecule has 0 bridgehead atoms. The molecule has 44 heavy (non-hydrogen) atoms. The number of aryl methyl sites for hydroxylation is 1. The molecule has 2 aliphatic heterocycles. The number of likely N-dealkylation sites (tertiary alicyclic amines) is 2. The smallest absolute Gasteiger partial charge is 0.254 e. The number of benzene rings is 3. The van der Waals surface area contributed by atoms with Gasteiger partial charge in [-0.3, -0.25) is 9.59 Å². The lowest BCUT2D eigenvalue weighted by Crippen LogP contribution is -2.50. The summed E-state index contributed by atoms with van der Waals surface area (Å²) in [6.07, 6.45) is 4.48.